The molecule has 1 aromatic heterocycles. The number of benzene rings is 1. The average Bonchev–Trinajstić information content (AvgIpc) is 2.57. The summed E-state index contributed by atoms with van der Waals surface area (Å²) >= 11 is 1.38. The van der Waals surface area contributed by atoms with Gasteiger partial charge in [-0.2, -0.15) is 13.2 Å². The van der Waals surface area contributed by atoms with Crippen molar-refractivity contribution < 1.29 is 13.2 Å². The van der Waals surface area contributed by atoms with Gasteiger partial charge in [0, 0.05) is 6.42 Å². The summed E-state index contributed by atoms with van der Waals surface area (Å²) in [6, 6.07) is 3.61. The minimum absolute atomic E-state index is 0. The number of alkyl halides is 3. The second-order valence-corrected chi connectivity index (χ2v) is 4.44. The van der Waals surface area contributed by atoms with Crippen LogP contribution < -0.4 is 5.73 Å². The van der Waals surface area contributed by atoms with Crippen molar-refractivity contribution in [2.75, 3.05) is 6.54 Å². The Morgan fingerprint density at radius 1 is 1.29 bits per heavy atom. The molecule has 0 radical (unpaired) electrons. The Morgan fingerprint density at radius 3 is 2.59 bits per heavy atom. The fourth-order valence-electron chi connectivity index (χ4n) is 1.38. The van der Waals surface area contributed by atoms with Crippen LogP contribution in [0.15, 0.2) is 18.2 Å². The van der Waals surface area contributed by atoms with E-state index in [1.165, 1.54) is 17.4 Å². The van der Waals surface area contributed by atoms with Crippen LogP contribution in [0.5, 0.6) is 0 Å². The molecular formula is C10H10ClF3N2S. The molecule has 0 bridgehead atoms. The number of rotatable bonds is 2. The summed E-state index contributed by atoms with van der Waals surface area (Å²) in [7, 11) is 0. The second-order valence-electron chi connectivity index (χ2n) is 3.33. The van der Waals surface area contributed by atoms with Gasteiger partial charge in [-0.25, -0.2) is 4.98 Å². The smallest absolute Gasteiger partial charge is 0.330 e. The van der Waals surface area contributed by atoms with E-state index >= 15 is 0 Å². The predicted octanol–water partition coefficient (Wildman–Crippen LogP) is 3.24. The van der Waals surface area contributed by atoms with Crippen molar-refractivity contribution >= 4 is 34.0 Å². The minimum atomic E-state index is -4.31. The summed E-state index contributed by atoms with van der Waals surface area (Å²) in [5.74, 6) is 0. The molecule has 2 rings (SSSR count). The molecular weight excluding hydrogens is 273 g/mol. The first-order chi connectivity index (χ1) is 7.50. The molecule has 0 fully saturated rings. The molecule has 0 aliphatic carbocycles. The largest absolute Gasteiger partial charge is 0.416 e. The lowest BCUT2D eigenvalue weighted by Crippen LogP contribution is -2.04. The molecule has 0 amide bonds. The van der Waals surface area contributed by atoms with Gasteiger partial charge in [0.2, 0.25) is 0 Å². The number of nitrogens with two attached hydrogens (primary N) is 1. The molecule has 17 heavy (non-hydrogen) atoms. The number of aromatic nitrogens is 1. The zero-order valence-corrected chi connectivity index (χ0v) is 10.3. The van der Waals surface area contributed by atoms with E-state index in [0.29, 0.717) is 18.5 Å². The summed E-state index contributed by atoms with van der Waals surface area (Å²) in [4.78, 5) is 4.12. The fourth-order valence-corrected chi connectivity index (χ4v) is 2.34. The maximum Gasteiger partial charge on any atom is 0.416 e. The van der Waals surface area contributed by atoms with Crippen molar-refractivity contribution in [1.82, 2.24) is 4.98 Å². The van der Waals surface area contributed by atoms with Gasteiger partial charge < -0.3 is 5.73 Å². The highest BCUT2D eigenvalue weighted by atomic mass is 35.5. The summed E-state index contributed by atoms with van der Waals surface area (Å²) in [6.45, 7) is 0.450. The molecule has 0 unspecified atom stereocenters. The molecule has 0 spiro atoms. The highest BCUT2D eigenvalue weighted by Gasteiger charge is 2.30. The van der Waals surface area contributed by atoms with Crippen LogP contribution in [0.2, 0.25) is 0 Å². The normalized spacial score (nSPS) is 11.5. The van der Waals surface area contributed by atoms with Crippen LogP contribution in [0.25, 0.3) is 10.2 Å². The van der Waals surface area contributed by atoms with Crippen molar-refractivity contribution in [3.8, 4) is 0 Å². The Labute approximate surface area is 106 Å². The molecule has 2 nitrogen and oxygen atoms in total. The molecule has 0 aliphatic heterocycles. The standard InChI is InChI=1S/C10H9F3N2S.ClH/c11-10(12,13)6-1-2-8-7(5-6)15-9(16-8)3-4-14;/h1-2,5H,3-4,14H2;1H. The fraction of sp³-hybridized carbons (Fsp3) is 0.300. The lowest BCUT2D eigenvalue weighted by molar-refractivity contribution is -0.137. The SMILES string of the molecule is Cl.NCCc1nc2cc(C(F)(F)F)ccc2s1. The molecule has 1 heterocycles. The maximum absolute atomic E-state index is 12.4. The third kappa shape index (κ3) is 3.08. The molecule has 0 saturated carbocycles. The zero-order chi connectivity index (χ0) is 11.8. The van der Waals surface area contributed by atoms with Crippen LogP contribution >= 0.6 is 23.7 Å². The van der Waals surface area contributed by atoms with Crippen LogP contribution in [0, 0.1) is 0 Å². The summed E-state index contributed by atoms with van der Waals surface area (Å²) < 4.78 is 38.0. The second kappa shape index (κ2) is 5.20. The van der Waals surface area contributed by atoms with E-state index in [0.717, 1.165) is 21.8 Å². The Kier molecular flexibility index (Phi) is 4.35. The molecule has 2 N–H and O–H groups in total. The number of thiazole rings is 1. The summed E-state index contributed by atoms with van der Waals surface area (Å²) in [6.07, 6.45) is -3.72. The van der Waals surface area contributed by atoms with Gasteiger partial charge in [-0.3, -0.25) is 0 Å². The van der Waals surface area contributed by atoms with Crippen LogP contribution in [0.4, 0.5) is 13.2 Å². The Hall–Kier alpha value is -0.850. The van der Waals surface area contributed by atoms with Crippen LogP contribution in [0.1, 0.15) is 10.6 Å². The Balaban J connectivity index is 0.00000144. The Bertz CT molecular complexity index is 510. The van der Waals surface area contributed by atoms with Crippen molar-refractivity contribution in [2.24, 2.45) is 5.73 Å². The quantitative estimate of drug-likeness (QED) is 0.918. The van der Waals surface area contributed by atoms with E-state index in [1.807, 2.05) is 0 Å². The van der Waals surface area contributed by atoms with E-state index < -0.39 is 11.7 Å². The predicted molar refractivity (Wildman–Crippen MR) is 64.6 cm³/mol. The third-order valence-corrected chi connectivity index (χ3v) is 3.21. The molecule has 0 saturated heterocycles. The van der Waals surface area contributed by atoms with Gasteiger partial charge in [0.1, 0.15) is 0 Å². The molecule has 0 atom stereocenters. The average molecular weight is 283 g/mol. The third-order valence-electron chi connectivity index (χ3n) is 2.12. The molecule has 2 aromatic rings. The summed E-state index contributed by atoms with van der Waals surface area (Å²) in [5.41, 5.74) is 5.10. The van der Waals surface area contributed by atoms with Crippen LogP contribution in [-0.4, -0.2) is 11.5 Å². The number of nitrogens with zero attached hydrogens (tertiary/aromatic N) is 1. The number of fused-ring (bicyclic) bond motifs is 1. The van der Waals surface area contributed by atoms with Crippen molar-refractivity contribution in [3.05, 3.63) is 28.8 Å². The van der Waals surface area contributed by atoms with Crippen molar-refractivity contribution in [2.45, 2.75) is 12.6 Å². The van der Waals surface area contributed by atoms with Gasteiger partial charge in [0.05, 0.1) is 20.8 Å². The van der Waals surface area contributed by atoms with Crippen molar-refractivity contribution in [3.63, 3.8) is 0 Å². The van der Waals surface area contributed by atoms with E-state index in [9.17, 15) is 13.2 Å². The maximum atomic E-state index is 12.4. The first-order valence-corrected chi connectivity index (χ1v) is 5.49. The van der Waals surface area contributed by atoms with Gasteiger partial charge >= 0.3 is 6.18 Å². The van der Waals surface area contributed by atoms with E-state index in [2.05, 4.69) is 4.98 Å². The number of hydrogen-bond donors (Lipinski definition) is 1. The lowest BCUT2D eigenvalue weighted by Gasteiger charge is -2.04. The highest BCUT2D eigenvalue weighted by Crippen LogP contribution is 2.32. The van der Waals surface area contributed by atoms with E-state index in [1.54, 1.807) is 0 Å². The van der Waals surface area contributed by atoms with Gasteiger partial charge in [0.25, 0.3) is 0 Å². The minimum Gasteiger partial charge on any atom is -0.330 e. The summed E-state index contributed by atoms with van der Waals surface area (Å²) in [5, 5.41) is 0.775. The van der Waals surface area contributed by atoms with Crippen LogP contribution in [0.3, 0.4) is 0 Å². The first kappa shape index (κ1) is 14.2. The van der Waals surface area contributed by atoms with E-state index in [-0.39, 0.29) is 12.4 Å². The molecule has 7 heteroatoms. The number of hydrogen-bond acceptors (Lipinski definition) is 3. The van der Waals surface area contributed by atoms with Gasteiger partial charge in [-0.15, -0.1) is 23.7 Å². The zero-order valence-electron chi connectivity index (χ0n) is 8.62. The highest BCUT2D eigenvalue weighted by molar-refractivity contribution is 7.18. The molecule has 1 aromatic carbocycles. The number of halogens is 4. The van der Waals surface area contributed by atoms with Gasteiger partial charge in [-0.1, -0.05) is 0 Å². The van der Waals surface area contributed by atoms with Gasteiger partial charge in [-0.05, 0) is 24.7 Å². The Morgan fingerprint density at radius 2 is 2.00 bits per heavy atom. The first-order valence-electron chi connectivity index (χ1n) is 4.67. The van der Waals surface area contributed by atoms with Crippen molar-refractivity contribution in [1.29, 1.82) is 0 Å². The lowest BCUT2D eigenvalue weighted by atomic mass is 10.2. The van der Waals surface area contributed by atoms with Crippen LogP contribution in [-0.2, 0) is 12.6 Å². The topological polar surface area (TPSA) is 38.9 Å². The molecule has 94 valence electrons. The van der Waals surface area contributed by atoms with Gasteiger partial charge in [0.15, 0.2) is 0 Å². The molecule has 0 aliphatic rings. The monoisotopic (exact) mass is 282 g/mol. The van der Waals surface area contributed by atoms with E-state index in [4.69, 9.17) is 5.73 Å².